The Morgan fingerprint density at radius 2 is 1.90 bits per heavy atom. The Hall–Kier alpha value is -2.48. The van der Waals surface area contributed by atoms with Crippen molar-refractivity contribution < 1.29 is 13.2 Å². The average Bonchev–Trinajstić information content (AvgIpc) is 2.38. The van der Waals surface area contributed by atoms with Gasteiger partial charge in [-0.1, -0.05) is 0 Å². The van der Waals surface area contributed by atoms with Crippen LogP contribution in [0.1, 0.15) is 0 Å². The molecule has 6 N–H and O–H groups in total. The molecule has 0 aliphatic carbocycles. The number of primary sulfonamides is 1. The predicted octanol–water partition coefficient (Wildman–Crippen LogP) is -0.487. The van der Waals surface area contributed by atoms with Crippen LogP contribution in [0, 0.1) is 11.3 Å². The first-order valence-electron chi connectivity index (χ1n) is 5.34. The minimum absolute atomic E-state index is 0.0349. The predicted molar refractivity (Wildman–Crippen MR) is 80.1 cm³/mol. The van der Waals surface area contributed by atoms with Crippen molar-refractivity contribution in [3.63, 3.8) is 0 Å². The van der Waals surface area contributed by atoms with Crippen LogP contribution >= 0.6 is 12.2 Å². The van der Waals surface area contributed by atoms with E-state index in [1.165, 1.54) is 24.3 Å². The molecule has 0 radical (unpaired) electrons. The molecule has 0 saturated carbocycles. The number of anilines is 1. The van der Waals surface area contributed by atoms with E-state index < -0.39 is 15.9 Å². The second kappa shape index (κ2) is 6.80. The summed E-state index contributed by atoms with van der Waals surface area (Å²) in [6, 6.07) is 7.12. The zero-order valence-electron chi connectivity index (χ0n) is 10.5. The highest BCUT2D eigenvalue weighted by atomic mass is 32.2. The highest BCUT2D eigenvalue weighted by Gasteiger charge is 2.07. The van der Waals surface area contributed by atoms with Crippen LogP contribution in [0.15, 0.2) is 40.9 Å². The lowest BCUT2D eigenvalue weighted by Crippen LogP contribution is -2.25. The third kappa shape index (κ3) is 5.19. The quantitative estimate of drug-likeness (QED) is 0.331. The molecule has 0 unspecified atom stereocenters. The van der Waals surface area contributed by atoms with Crippen molar-refractivity contribution in [2.45, 2.75) is 4.90 Å². The number of nitrogens with two attached hydrogens (primary N) is 2. The second-order valence-corrected chi connectivity index (χ2v) is 5.67. The van der Waals surface area contributed by atoms with Crippen LogP contribution in [0.2, 0.25) is 0 Å². The molecule has 0 aliphatic heterocycles. The molecule has 0 spiro atoms. The SMILES string of the molecule is N#C/C(=C\NC(=S)Nc1ccc(S(N)(=O)=O)cc1)C(N)=O. The highest BCUT2D eigenvalue weighted by molar-refractivity contribution is 7.89. The van der Waals surface area contributed by atoms with Gasteiger partial charge in [-0.25, -0.2) is 13.6 Å². The summed E-state index contributed by atoms with van der Waals surface area (Å²) < 4.78 is 22.2. The molecular weight excluding hydrogens is 314 g/mol. The van der Waals surface area contributed by atoms with Crippen LogP contribution in [-0.4, -0.2) is 19.4 Å². The van der Waals surface area contributed by atoms with Crippen LogP contribution in [0.25, 0.3) is 0 Å². The van der Waals surface area contributed by atoms with Crippen molar-refractivity contribution in [1.82, 2.24) is 5.32 Å². The van der Waals surface area contributed by atoms with Crippen LogP contribution in [0.4, 0.5) is 5.69 Å². The maximum Gasteiger partial charge on any atom is 0.260 e. The lowest BCUT2D eigenvalue weighted by Gasteiger charge is -2.08. The zero-order valence-corrected chi connectivity index (χ0v) is 12.2. The summed E-state index contributed by atoms with van der Waals surface area (Å²) in [7, 11) is -3.76. The number of carbonyl (C=O) groups is 1. The molecular formula is C11H11N5O3S2. The van der Waals surface area contributed by atoms with E-state index in [4.69, 9.17) is 28.4 Å². The highest BCUT2D eigenvalue weighted by Crippen LogP contribution is 2.12. The van der Waals surface area contributed by atoms with Crippen LogP contribution in [-0.2, 0) is 14.8 Å². The number of rotatable bonds is 4. The Morgan fingerprint density at radius 3 is 2.33 bits per heavy atom. The standard InChI is InChI=1S/C11H11N5O3S2/c12-5-7(10(13)17)6-15-11(20)16-8-1-3-9(4-2-8)21(14,18)19/h1-4,6H,(H2,13,17)(H2,14,18,19)(H2,15,16,20)/b7-6+. The fraction of sp³-hybridized carbons (Fsp3) is 0. The molecule has 10 heteroatoms. The van der Waals surface area contributed by atoms with E-state index in [2.05, 4.69) is 10.6 Å². The number of amides is 1. The topological polar surface area (TPSA) is 151 Å². The summed E-state index contributed by atoms with van der Waals surface area (Å²) in [6.07, 6.45) is 1.07. The number of nitriles is 1. The minimum Gasteiger partial charge on any atom is -0.365 e. The Morgan fingerprint density at radius 1 is 1.33 bits per heavy atom. The molecule has 1 aromatic rings. The summed E-state index contributed by atoms with van der Waals surface area (Å²) in [5.41, 5.74) is 5.14. The zero-order chi connectivity index (χ0) is 16.0. The molecule has 0 aliphatic rings. The Balaban J connectivity index is 2.73. The second-order valence-electron chi connectivity index (χ2n) is 3.70. The fourth-order valence-corrected chi connectivity index (χ4v) is 1.88. The minimum atomic E-state index is -3.76. The molecule has 1 amide bonds. The van der Waals surface area contributed by atoms with Gasteiger partial charge in [0.2, 0.25) is 10.0 Å². The number of primary amides is 1. The molecule has 0 fully saturated rings. The molecule has 21 heavy (non-hydrogen) atoms. The van der Waals surface area contributed by atoms with Crippen molar-refractivity contribution >= 4 is 38.9 Å². The van der Waals surface area contributed by atoms with Gasteiger partial charge in [-0.3, -0.25) is 4.79 Å². The maximum absolute atomic E-state index is 11.1. The number of benzene rings is 1. The smallest absolute Gasteiger partial charge is 0.260 e. The van der Waals surface area contributed by atoms with E-state index in [0.29, 0.717) is 5.69 Å². The monoisotopic (exact) mass is 325 g/mol. The number of thiocarbonyl (C=S) groups is 1. The van der Waals surface area contributed by atoms with Gasteiger partial charge in [0.15, 0.2) is 5.11 Å². The van der Waals surface area contributed by atoms with E-state index in [1.54, 1.807) is 6.07 Å². The van der Waals surface area contributed by atoms with Gasteiger partial charge in [0.1, 0.15) is 11.6 Å². The Labute approximate surface area is 126 Å². The van der Waals surface area contributed by atoms with E-state index >= 15 is 0 Å². The summed E-state index contributed by atoms with van der Waals surface area (Å²) in [5, 5.41) is 18.9. The van der Waals surface area contributed by atoms with Gasteiger partial charge in [-0.05, 0) is 36.5 Å². The van der Waals surface area contributed by atoms with Crippen LogP contribution < -0.4 is 21.5 Å². The lowest BCUT2D eigenvalue weighted by atomic mass is 10.3. The largest absolute Gasteiger partial charge is 0.365 e. The molecule has 0 bridgehead atoms. The average molecular weight is 325 g/mol. The number of sulfonamides is 1. The van der Waals surface area contributed by atoms with Gasteiger partial charge in [-0.15, -0.1) is 0 Å². The molecule has 0 saturated heterocycles. The number of hydrogen-bond donors (Lipinski definition) is 4. The van der Waals surface area contributed by atoms with E-state index in [1.807, 2.05) is 0 Å². The summed E-state index contributed by atoms with van der Waals surface area (Å²) >= 11 is 4.92. The molecule has 8 nitrogen and oxygen atoms in total. The molecule has 0 aromatic heterocycles. The van der Waals surface area contributed by atoms with E-state index in [-0.39, 0.29) is 15.6 Å². The number of carbonyl (C=O) groups excluding carboxylic acids is 1. The van der Waals surface area contributed by atoms with E-state index in [0.717, 1.165) is 6.20 Å². The molecule has 110 valence electrons. The van der Waals surface area contributed by atoms with Gasteiger partial charge >= 0.3 is 0 Å². The Bertz CT molecular complexity index is 732. The third-order valence-corrected chi connectivity index (χ3v) is 3.32. The van der Waals surface area contributed by atoms with Crippen LogP contribution in [0.5, 0.6) is 0 Å². The molecule has 0 heterocycles. The van der Waals surface area contributed by atoms with E-state index in [9.17, 15) is 13.2 Å². The Kier molecular flexibility index (Phi) is 5.37. The number of nitrogens with zero attached hydrogens (tertiary/aromatic N) is 1. The first-order valence-corrected chi connectivity index (χ1v) is 7.30. The summed E-state index contributed by atoms with van der Waals surface area (Å²) in [5.74, 6) is -0.884. The fourth-order valence-electron chi connectivity index (χ4n) is 1.19. The summed E-state index contributed by atoms with van der Waals surface area (Å²) in [4.78, 5) is 10.8. The van der Waals surface area contributed by atoms with Crippen LogP contribution in [0.3, 0.4) is 0 Å². The summed E-state index contributed by atoms with van der Waals surface area (Å²) in [6.45, 7) is 0. The van der Waals surface area contributed by atoms with Crippen molar-refractivity contribution in [3.8, 4) is 6.07 Å². The first kappa shape index (κ1) is 16.6. The first-order chi connectivity index (χ1) is 9.74. The number of nitrogens with one attached hydrogen (secondary N) is 2. The van der Waals surface area contributed by atoms with Gasteiger partial charge < -0.3 is 16.4 Å². The van der Waals surface area contributed by atoms with Gasteiger partial charge in [-0.2, -0.15) is 5.26 Å². The van der Waals surface area contributed by atoms with Gasteiger partial charge in [0, 0.05) is 11.9 Å². The number of hydrogen-bond acceptors (Lipinski definition) is 5. The maximum atomic E-state index is 11.1. The van der Waals surface area contributed by atoms with Gasteiger partial charge in [0.05, 0.1) is 4.90 Å². The van der Waals surface area contributed by atoms with Gasteiger partial charge in [0.25, 0.3) is 5.91 Å². The lowest BCUT2D eigenvalue weighted by molar-refractivity contribution is -0.114. The normalized spacial score (nSPS) is 11.3. The molecule has 0 atom stereocenters. The molecule has 1 rings (SSSR count). The molecule has 1 aromatic carbocycles. The van der Waals surface area contributed by atoms with Crippen molar-refractivity contribution in [2.75, 3.05) is 5.32 Å². The van der Waals surface area contributed by atoms with Crippen molar-refractivity contribution in [1.29, 1.82) is 5.26 Å². The van der Waals surface area contributed by atoms with Crippen molar-refractivity contribution in [2.24, 2.45) is 10.9 Å². The van der Waals surface area contributed by atoms with Crippen molar-refractivity contribution in [3.05, 3.63) is 36.0 Å². The third-order valence-electron chi connectivity index (χ3n) is 2.17.